The summed E-state index contributed by atoms with van der Waals surface area (Å²) >= 11 is 2.92. The Kier molecular flexibility index (Phi) is 10.5. The van der Waals surface area contributed by atoms with Crippen molar-refractivity contribution in [3.8, 4) is 11.5 Å². The van der Waals surface area contributed by atoms with Crippen LogP contribution in [0.15, 0.2) is 94.7 Å². The molecule has 2 N–H and O–H groups in total. The highest BCUT2D eigenvalue weighted by Gasteiger charge is 2.34. The number of carbonyl (C=O) groups is 2. The van der Waals surface area contributed by atoms with Gasteiger partial charge in [-0.25, -0.2) is 0 Å². The molecule has 1 unspecified atom stereocenters. The third-order valence-electron chi connectivity index (χ3n) is 7.54. The lowest BCUT2D eigenvalue weighted by Gasteiger charge is -2.30. The average Bonchev–Trinajstić information content (AvgIpc) is 3.47. The number of hydrogen-bond donors (Lipinski definition) is 2. The summed E-state index contributed by atoms with van der Waals surface area (Å²) in [5.41, 5.74) is 6.07. The molecule has 0 aliphatic carbocycles. The Labute approximate surface area is 273 Å². The van der Waals surface area contributed by atoms with Gasteiger partial charge in [0.15, 0.2) is 0 Å². The van der Waals surface area contributed by atoms with Gasteiger partial charge in [0.1, 0.15) is 17.5 Å². The molecule has 0 saturated heterocycles. The van der Waals surface area contributed by atoms with E-state index in [4.69, 9.17) is 9.47 Å². The van der Waals surface area contributed by atoms with Crippen molar-refractivity contribution in [2.45, 2.75) is 43.0 Å². The maximum absolute atomic E-state index is 14.1. The van der Waals surface area contributed by atoms with E-state index in [9.17, 15) is 9.59 Å². The summed E-state index contributed by atoms with van der Waals surface area (Å²) in [4.78, 5) is 29.6. The van der Waals surface area contributed by atoms with E-state index >= 15 is 0 Å². The monoisotopic (exact) mass is 642 g/mol. The van der Waals surface area contributed by atoms with Gasteiger partial charge in [-0.3, -0.25) is 14.3 Å². The Morgan fingerprint density at radius 3 is 2.47 bits per heavy atom. The number of carbonyl (C=O) groups excluding carboxylic acids is 2. The lowest BCUT2D eigenvalue weighted by Crippen LogP contribution is -2.37. The molecule has 0 aromatic heterocycles. The highest BCUT2D eigenvalue weighted by Crippen LogP contribution is 2.43. The topological polar surface area (TPSA) is 83.1 Å². The van der Waals surface area contributed by atoms with E-state index in [1.54, 1.807) is 26.2 Å². The van der Waals surface area contributed by atoms with Crippen molar-refractivity contribution in [3.05, 3.63) is 102 Å². The number of rotatable bonds is 12. The minimum atomic E-state index is -0.579. The van der Waals surface area contributed by atoms with E-state index < -0.39 is 6.04 Å². The summed E-state index contributed by atoms with van der Waals surface area (Å²) in [5.74, 6) is 1.19. The highest BCUT2D eigenvalue weighted by atomic mass is 32.2. The molecule has 0 radical (unpaired) electrons. The molecule has 8 nitrogen and oxygen atoms in total. The minimum Gasteiger partial charge on any atom is -0.497 e. The van der Waals surface area contributed by atoms with Gasteiger partial charge in [0.25, 0.3) is 5.91 Å². The second kappa shape index (κ2) is 14.7. The van der Waals surface area contributed by atoms with Gasteiger partial charge in [0.05, 0.1) is 24.8 Å². The number of aryl methyl sites for hydroxylation is 1. The second-order valence-electron chi connectivity index (χ2n) is 10.6. The van der Waals surface area contributed by atoms with Gasteiger partial charge in [0.2, 0.25) is 5.91 Å². The second-order valence-corrected chi connectivity index (χ2v) is 12.6. The fourth-order valence-electron chi connectivity index (χ4n) is 5.46. The molecule has 0 fully saturated rings. The Hall–Kier alpha value is -4.28. The lowest BCUT2D eigenvalue weighted by molar-refractivity contribution is -0.120. The van der Waals surface area contributed by atoms with Crippen LogP contribution in [0.5, 0.6) is 11.5 Å². The molecule has 1 heterocycles. The zero-order valence-electron chi connectivity index (χ0n) is 26.1. The van der Waals surface area contributed by atoms with E-state index in [2.05, 4.69) is 44.4 Å². The number of nitrogens with one attached hydrogen (secondary N) is 2. The van der Waals surface area contributed by atoms with Gasteiger partial charge < -0.3 is 24.0 Å². The average molecular weight is 643 g/mol. The van der Waals surface area contributed by atoms with Crippen molar-refractivity contribution >= 4 is 52.8 Å². The molecule has 4 aromatic rings. The van der Waals surface area contributed by atoms with Gasteiger partial charge in [0, 0.05) is 41.8 Å². The van der Waals surface area contributed by atoms with Crippen molar-refractivity contribution in [3.63, 3.8) is 0 Å². The zero-order chi connectivity index (χ0) is 31.9. The van der Waals surface area contributed by atoms with Crippen LogP contribution in [-0.4, -0.2) is 39.1 Å². The number of amides is 2. The quantitative estimate of drug-likeness (QED) is 0.155. The van der Waals surface area contributed by atoms with E-state index in [0.29, 0.717) is 12.3 Å². The van der Waals surface area contributed by atoms with Crippen LogP contribution in [0.25, 0.3) is 0 Å². The molecule has 1 atom stereocenters. The third-order valence-corrected chi connectivity index (χ3v) is 9.55. The first kappa shape index (κ1) is 32.1. The van der Waals surface area contributed by atoms with Crippen molar-refractivity contribution in [1.82, 2.24) is 4.72 Å². The van der Waals surface area contributed by atoms with Gasteiger partial charge in [-0.15, -0.1) is 0 Å². The van der Waals surface area contributed by atoms with Crippen LogP contribution in [-0.2, 0) is 16.0 Å². The number of anilines is 3. The number of hydrogen-bond acceptors (Lipinski definition) is 8. The van der Waals surface area contributed by atoms with E-state index in [1.165, 1.54) is 24.4 Å². The van der Waals surface area contributed by atoms with Crippen LogP contribution in [0, 0.1) is 6.92 Å². The molecule has 1 aliphatic heterocycles. The van der Waals surface area contributed by atoms with Crippen LogP contribution in [0.2, 0.25) is 0 Å². The molecule has 1 aliphatic rings. The molecule has 4 aromatic carbocycles. The molecular weight excluding hydrogens is 605 g/mol. The summed E-state index contributed by atoms with van der Waals surface area (Å²) < 4.78 is 16.5. The fraction of sp³-hybridized carbons (Fsp3) is 0.257. The minimum absolute atomic E-state index is 0.0932. The molecule has 0 saturated carbocycles. The van der Waals surface area contributed by atoms with Crippen LogP contribution in [0.3, 0.4) is 0 Å². The van der Waals surface area contributed by atoms with Gasteiger partial charge in [-0.05, 0) is 116 Å². The van der Waals surface area contributed by atoms with E-state index in [-0.39, 0.29) is 11.8 Å². The standard InChI is InChI=1S/C35H38N4O4S2/c1-6-39(45-28-16-14-26(15-17-28)36-24(3)40)31-12-8-11-30-29(31)19-20-38(30)34(25-9-7-10-27(22-25)42-4)35(41)37-44-33-18-13-23(2)21-32(33)43-5/h7-18,21-22,34H,6,19-20H2,1-5H3,(H,36,40)(H,37,41). The summed E-state index contributed by atoms with van der Waals surface area (Å²) in [6.45, 7) is 7.11. The number of nitrogens with zero attached hydrogens (tertiary/aromatic N) is 2. The Morgan fingerprint density at radius 1 is 0.978 bits per heavy atom. The SMILES string of the molecule is CCN(Sc1ccc(NC(C)=O)cc1)c1cccc2c1CCN2C(C(=O)NSc1ccc(C)cc1OC)c1cccc(OC)c1. The number of methoxy groups -OCH3 is 2. The summed E-state index contributed by atoms with van der Waals surface area (Å²) in [5, 5.41) is 2.82. The molecule has 2 amide bonds. The Morgan fingerprint density at radius 2 is 1.76 bits per heavy atom. The predicted molar refractivity (Wildman–Crippen MR) is 185 cm³/mol. The molecule has 0 spiro atoms. The van der Waals surface area contributed by atoms with Crippen molar-refractivity contribution in [2.75, 3.05) is 41.8 Å². The maximum Gasteiger partial charge on any atom is 0.257 e. The normalized spacial score (nSPS) is 12.7. The fourth-order valence-corrected chi connectivity index (χ4v) is 7.07. The molecule has 45 heavy (non-hydrogen) atoms. The maximum atomic E-state index is 14.1. The molecular formula is C35H38N4O4S2. The largest absolute Gasteiger partial charge is 0.497 e. The van der Waals surface area contributed by atoms with Crippen LogP contribution >= 0.6 is 23.9 Å². The van der Waals surface area contributed by atoms with E-state index in [0.717, 1.165) is 56.7 Å². The Bertz CT molecular complexity index is 1660. The van der Waals surface area contributed by atoms with Crippen molar-refractivity contribution in [2.24, 2.45) is 0 Å². The summed E-state index contributed by atoms with van der Waals surface area (Å²) in [6.07, 6.45) is 0.802. The van der Waals surface area contributed by atoms with Crippen molar-refractivity contribution in [1.29, 1.82) is 0 Å². The van der Waals surface area contributed by atoms with Gasteiger partial charge in [-0.2, -0.15) is 0 Å². The highest BCUT2D eigenvalue weighted by molar-refractivity contribution is 8.00. The first-order valence-corrected chi connectivity index (χ1v) is 16.4. The Balaban J connectivity index is 1.43. The van der Waals surface area contributed by atoms with Crippen LogP contribution in [0.4, 0.5) is 17.1 Å². The molecule has 0 bridgehead atoms. The number of benzene rings is 4. The van der Waals surface area contributed by atoms with Crippen LogP contribution < -0.4 is 28.7 Å². The smallest absolute Gasteiger partial charge is 0.257 e. The lowest BCUT2D eigenvalue weighted by atomic mass is 10.0. The zero-order valence-corrected chi connectivity index (χ0v) is 27.8. The molecule has 234 valence electrons. The van der Waals surface area contributed by atoms with E-state index in [1.807, 2.05) is 73.7 Å². The summed E-state index contributed by atoms with van der Waals surface area (Å²) in [6, 6.07) is 27.2. The molecule has 5 rings (SSSR count). The number of fused-ring (bicyclic) bond motifs is 1. The first-order valence-electron chi connectivity index (χ1n) is 14.8. The third kappa shape index (κ3) is 7.51. The van der Waals surface area contributed by atoms with Crippen molar-refractivity contribution < 1.29 is 19.1 Å². The number of ether oxygens (including phenoxy) is 2. The van der Waals surface area contributed by atoms with Crippen LogP contribution in [0.1, 0.15) is 36.6 Å². The first-order chi connectivity index (χ1) is 21.8. The molecule has 10 heteroatoms. The van der Waals surface area contributed by atoms with Gasteiger partial charge in [-0.1, -0.05) is 24.3 Å². The predicted octanol–water partition coefficient (Wildman–Crippen LogP) is 7.43. The van der Waals surface area contributed by atoms with Gasteiger partial charge >= 0.3 is 0 Å². The summed E-state index contributed by atoms with van der Waals surface area (Å²) in [7, 11) is 3.27.